The van der Waals surface area contributed by atoms with E-state index in [4.69, 9.17) is 20.0 Å². The van der Waals surface area contributed by atoms with E-state index in [1.807, 2.05) is 24.3 Å². The largest absolute Gasteiger partial charge is 0.317 e. The summed E-state index contributed by atoms with van der Waals surface area (Å²) in [4.78, 5) is 0. The summed E-state index contributed by atoms with van der Waals surface area (Å²) in [5.41, 5.74) is 1.21. The first-order chi connectivity index (χ1) is 6.33. The lowest BCUT2D eigenvalue weighted by atomic mass is 10.2. The Morgan fingerprint density at radius 2 is 1.79 bits per heavy atom. The fraction of sp³-hybridized carbons (Fsp3) is 0.143. The van der Waals surface area contributed by atoms with Gasteiger partial charge in [0.2, 0.25) is 0 Å². The molecule has 0 atom stereocenters. The Balaban J connectivity index is 0.000000292. The second-order valence-corrected chi connectivity index (χ2v) is 6.81. The molecule has 0 aliphatic rings. The highest BCUT2D eigenvalue weighted by Gasteiger charge is 1.89. The summed E-state index contributed by atoms with van der Waals surface area (Å²) in [7, 11) is 4.81. The predicted molar refractivity (Wildman–Crippen MR) is 64.7 cm³/mol. The van der Waals surface area contributed by atoms with Gasteiger partial charge in [-0.1, -0.05) is 39.7 Å². The summed E-state index contributed by atoms with van der Waals surface area (Å²) in [5.74, 6) is 0. The van der Waals surface area contributed by atoms with Crippen molar-refractivity contribution in [2.75, 3.05) is 0 Å². The van der Waals surface area contributed by atoms with Gasteiger partial charge in [-0.25, -0.2) is 0 Å². The molecule has 1 rings (SSSR count). The van der Waals surface area contributed by atoms with Crippen molar-refractivity contribution in [1.29, 1.82) is 0 Å². The molecule has 0 fully saturated rings. The number of alkyl halides is 1. The standard InChI is InChI=1S/C7H6BrCl.Cl2O2S/c8-5-6-2-1-3-7(9)4-6;1-5(2,3)4/h1-4H,5H2;. The summed E-state index contributed by atoms with van der Waals surface area (Å²) in [5, 5.41) is 1.67. The maximum Gasteiger partial charge on any atom is 0.317 e. The van der Waals surface area contributed by atoms with Crippen molar-refractivity contribution in [2.45, 2.75) is 5.33 Å². The van der Waals surface area contributed by atoms with Crippen molar-refractivity contribution >= 4 is 57.2 Å². The van der Waals surface area contributed by atoms with Crippen molar-refractivity contribution in [3.8, 4) is 0 Å². The number of benzene rings is 1. The number of hydrogen-bond acceptors (Lipinski definition) is 2. The molecule has 0 saturated heterocycles. The number of rotatable bonds is 1. The number of halogens is 4. The van der Waals surface area contributed by atoms with Gasteiger partial charge < -0.3 is 0 Å². The van der Waals surface area contributed by atoms with Gasteiger partial charge in [0.15, 0.2) is 0 Å². The van der Waals surface area contributed by atoms with E-state index in [1.165, 1.54) is 5.56 Å². The Morgan fingerprint density at radius 1 is 1.29 bits per heavy atom. The summed E-state index contributed by atoms with van der Waals surface area (Å²) >= 11 is 9.04. The highest BCUT2D eigenvalue weighted by molar-refractivity contribution is 9.08. The van der Waals surface area contributed by atoms with E-state index in [2.05, 4.69) is 37.3 Å². The molecule has 7 heteroatoms. The third kappa shape index (κ3) is 10.6. The molecule has 0 N–H and O–H groups in total. The third-order valence-corrected chi connectivity index (χ3v) is 1.93. The van der Waals surface area contributed by atoms with Crippen LogP contribution in [-0.2, 0) is 13.6 Å². The van der Waals surface area contributed by atoms with Crippen LogP contribution in [0.3, 0.4) is 0 Å². The van der Waals surface area contributed by atoms with E-state index in [1.54, 1.807) is 0 Å². The van der Waals surface area contributed by atoms with Gasteiger partial charge in [-0.15, -0.1) is 0 Å². The van der Waals surface area contributed by atoms with Gasteiger partial charge in [-0.05, 0) is 17.7 Å². The maximum atomic E-state index is 9.16. The molecule has 14 heavy (non-hydrogen) atoms. The monoisotopic (exact) mass is 338 g/mol. The molecule has 0 spiro atoms. The van der Waals surface area contributed by atoms with Crippen LogP contribution >= 0.6 is 48.9 Å². The van der Waals surface area contributed by atoms with Crippen LogP contribution in [0.15, 0.2) is 24.3 Å². The fourth-order valence-electron chi connectivity index (χ4n) is 0.620. The molecular weight excluding hydrogens is 334 g/mol. The molecule has 0 radical (unpaired) electrons. The molecule has 0 amide bonds. The van der Waals surface area contributed by atoms with E-state index in [-0.39, 0.29) is 0 Å². The molecule has 0 aliphatic heterocycles. The quantitative estimate of drug-likeness (QED) is 0.573. The smallest absolute Gasteiger partial charge is 0.195 e. The van der Waals surface area contributed by atoms with Crippen LogP contribution in [-0.4, -0.2) is 8.42 Å². The average molecular weight is 340 g/mol. The Bertz CT molecular complexity index is 372. The van der Waals surface area contributed by atoms with Crippen molar-refractivity contribution in [3.05, 3.63) is 34.9 Å². The predicted octanol–water partition coefficient (Wildman–Crippen LogP) is 3.94. The minimum atomic E-state index is -3.72. The highest BCUT2D eigenvalue weighted by Crippen LogP contribution is 2.12. The summed E-state index contributed by atoms with van der Waals surface area (Å²) in [6.45, 7) is 0. The van der Waals surface area contributed by atoms with Crippen molar-refractivity contribution in [2.24, 2.45) is 0 Å². The van der Waals surface area contributed by atoms with Gasteiger partial charge in [0.1, 0.15) is 0 Å². The first-order valence-electron chi connectivity index (χ1n) is 3.27. The SMILES string of the molecule is Clc1cccc(CBr)c1.O=S(=O)(Cl)Cl. The van der Waals surface area contributed by atoms with E-state index in [9.17, 15) is 0 Å². The van der Waals surface area contributed by atoms with Gasteiger partial charge in [0.05, 0.1) is 0 Å². The van der Waals surface area contributed by atoms with Crippen molar-refractivity contribution in [3.63, 3.8) is 0 Å². The van der Waals surface area contributed by atoms with E-state index in [0.29, 0.717) is 0 Å². The van der Waals surface area contributed by atoms with Crippen LogP contribution in [0, 0.1) is 0 Å². The van der Waals surface area contributed by atoms with Gasteiger partial charge in [0.25, 0.3) is 0 Å². The molecule has 0 aromatic heterocycles. The van der Waals surface area contributed by atoms with Crippen LogP contribution in [0.5, 0.6) is 0 Å². The molecule has 0 bridgehead atoms. The van der Waals surface area contributed by atoms with Crippen LogP contribution in [0.1, 0.15) is 5.56 Å². The lowest BCUT2D eigenvalue weighted by Gasteiger charge is -1.92. The van der Waals surface area contributed by atoms with Gasteiger partial charge in [0, 0.05) is 31.7 Å². The zero-order valence-corrected chi connectivity index (χ0v) is 11.4. The topological polar surface area (TPSA) is 34.1 Å². The van der Waals surface area contributed by atoms with Gasteiger partial charge >= 0.3 is 8.26 Å². The molecule has 0 unspecified atom stereocenters. The molecule has 0 heterocycles. The Kier molecular flexibility index (Phi) is 7.16. The summed E-state index contributed by atoms with van der Waals surface area (Å²) < 4.78 is 18.3. The molecule has 1 aromatic rings. The van der Waals surface area contributed by atoms with Crippen molar-refractivity contribution < 1.29 is 8.42 Å². The molecule has 0 saturated carbocycles. The minimum absolute atomic E-state index is 0.798. The fourth-order valence-corrected chi connectivity index (χ4v) is 1.18. The lowest BCUT2D eigenvalue weighted by Crippen LogP contribution is -1.73. The molecule has 1 aromatic carbocycles. The van der Waals surface area contributed by atoms with Crippen molar-refractivity contribution in [1.82, 2.24) is 0 Å². The molecule has 0 aliphatic carbocycles. The average Bonchev–Trinajstić information content (AvgIpc) is 2.01. The van der Waals surface area contributed by atoms with Crippen LogP contribution < -0.4 is 0 Å². The van der Waals surface area contributed by atoms with Crippen LogP contribution in [0.2, 0.25) is 5.02 Å². The Hall–Kier alpha value is 0.520. The molecular formula is C7H6BrCl3O2S. The summed E-state index contributed by atoms with van der Waals surface area (Å²) in [6, 6.07) is 7.78. The maximum absolute atomic E-state index is 9.16. The Labute approximate surface area is 105 Å². The molecule has 2 nitrogen and oxygen atoms in total. The van der Waals surface area contributed by atoms with E-state index >= 15 is 0 Å². The van der Waals surface area contributed by atoms with Gasteiger partial charge in [-0.3, -0.25) is 0 Å². The van der Waals surface area contributed by atoms with Crippen LogP contribution in [0.4, 0.5) is 0 Å². The minimum Gasteiger partial charge on any atom is -0.195 e. The second kappa shape index (κ2) is 6.90. The molecule has 80 valence electrons. The zero-order valence-electron chi connectivity index (χ0n) is 6.75. The summed E-state index contributed by atoms with van der Waals surface area (Å²) in [6.07, 6.45) is 0. The first kappa shape index (κ1) is 14.5. The first-order valence-corrected chi connectivity index (χ1v) is 7.91. The third-order valence-electron chi connectivity index (χ3n) is 1.04. The lowest BCUT2D eigenvalue weighted by molar-refractivity contribution is 0.621. The zero-order chi connectivity index (χ0) is 11.2. The Morgan fingerprint density at radius 3 is 2.07 bits per heavy atom. The second-order valence-electron chi connectivity index (χ2n) is 2.14. The normalized spacial score (nSPS) is 10.3. The van der Waals surface area contributed by atoms with E-state index < -0.39 is 8.26 Å². The number of hydrogen-bond donors (Lipinski definition) is 0. The van der Waals surface area contributed by atoms with Gasteiger partial charge in [-0.2, -0.15) is 8.42 Å². The van der Waals surface area contributed by atoms with Crippen LogP contribution in [0.25, 0.3) is 0 Å². The highest BCUT2D eigenvalue weighted by atomic mass is 79.9. The van der Waals surface area contributed by atoms with E-state index in [0.717, 1.165) is 10.4 Å².